The molecular formula is C8H10OS4. The Bertz CT molecular complexity index is 262. The number of thioether (sulfide) groups is 4. The lowest BCUT2D eigenvalue weighted by molar-refractivity contribution is -0.112. The summed E-state index contributed by atoms with van der Waals surface area (Å²) in [5, 5.41) is 0. The second-order valence-corrected chi connectivity index (χ2v) is 6.77. The van der Waals surface area contributed by atoms with Gasteiger partial charge in [-0.15, -0.1) is 23.5 Å². The quantitative estimate of drug-likeness (QED) is 0.707. The Hall–Kier alpha value is 0.550. The standard InChI is InChI=1S/C8H10OS4/c1-5(9)4-6-12-7(10-2)8(11-3)13-6/h4H,1-3H3. The van der Waals surface area contributed by atoms with Crippen LogP contribution in [0.1, 0.15) is 6.92 Å². The lowest BCUT2D eigenvalue weighted by atomic mass is 10.5. The monoisotopic (exact) mass is 250 g/mol. The van der Waals surface area contributed by atoms with Crippen LogP contribution in [0.5, 0.6) is 0 Å². The van der Waals surface area contributed by atoms with Crippen molar-refractivity contribution in [2.24, 2.45) is 0 Å². The molecule has 1 heterocycles. The summed E-state index contributed by atoms with van der Waals surface area (Å²) < 4.78 is 3.72. The molecular weight excluding hydrogens is 240 g/mol. The molecule has 72 valence electrons. The van der Waals surface area contributed by atoms with Crippen LogP contribution >= 0.6 is 47.0 Å². The van der Waals surface area contributed by atoms with Crippen LogP contribution in [0.2, 0.25) is 0 Å². The molecule has 13 heavy (non-hydrogen) atoms. The molecule has 0 N–H and O–H groups in total. The van der Waals surface area contributed by atoms with Crippen LogP contribution in [0, 0.1) is 0 Å². The maximum Gasteiger partial charge on any atom is 0.154 e. The molecule has 0 aromatic heterocycles. The SMILES string of the molecule is CSC1=C(SC)SC(=CC(C)=O)S1. The zero-order valence-electron chi connectivity index (χ0n) is 7.62. The van der Waals surface area contributed by atoms with Gasteiger partial charge in [-0.1, -0.05) is 23.5 Å². The molecule has 0 fully saturated rings. The van der Waals surface area contributed by atoms with Gasteiger partial charge in [0, 0.05) is 6.08 Å². The number of carbonyl (C=O) groups excluding carboxylic acids is 1. The molecule has 0 spiro atoms. The van der Waals surface area contributed by atoms with Crippen LogP contribution in [0.25, 0.3) is 0 Å². The summed E-state index contributed by atoms with van der Waals surface area (Å²) in [6, 6.07) is 0. The zero-order valence-corrected chi connectivity index (χ0v) is 10.9. The summed E-state index contributed by atoms with van der Waals surface area (Å²) >= 11 is 6.88. The molecule has 1 aliphatic heterocycles. The summed E-state index contributed by atoms with van der Waals surface area (Å²) in [5.41, 5.74) is 0. The topological polar surface area (TPSA) is 17.1 Å². The summed E-state index contributed by atoms with van der Waals surface area (Å²) in [7, 11) is 0. The molecule has 0 amide bonds. The summed E-state index contributed by atoms with van der Waals surface area (Å²) in [4.78, 5) is 10.9. The van der Waals surface area contributed by atoms with Gasteiger partial charge in [0.15, 0.2) is 5.78 Å². The number of rotatable bonds is 3. The van der Waals surface area contributed by atoms with Crippen molar-refractivity contribution in [3.8, 4) is 0 Å². The van der Waals surface area contributed by atoms with Crippen molar-refractivity contribution in [2.75, 3.05) is 12.5 Å². The van der Waals surface area contributed by atoms with E-state index < -0.39 is 0 Å². The van der Waals surface area contributed by atoms with Gasteiger partial charge in [-0.25, -0.2) is 0 Å². The predicted molar refractivity (Wildman–Crippen MR) is 68.0 cm³/mol. The number of hydrogen-bond acceptors (Lipinski definition) is 5. The average molecular weight is 250 g/mol. The van der Waals surface area contributed by atoms with Crippen molar-refractivity contribution in [3.63, 3.8) is 0 Å². The first kappa shape index (κ1) is 11.6. The smallest absolute Gasteiger partial charge is 0.154 e. The van der Waals surface area contributed by atoms with Crippen LogP contribution in [-0.4, -0.2) is 18.3 Å². The fourth-order valence-corrected chi connectivity index (χ4v) is 5.77. The Morgan fingerprint density at radius 3 is 2.00 bits per heavy atom. The summed E-state index contributed by atoms with van der Waals surface area (Å²) in [6.45, 7) is 1.59. The summed E-state index contributed by atoms with van der Waals surface area (Å²) in [5.74, 6) is 0.123. The Balaban J connectivity index is 2.72. The van der Waals surface area contributed by atoms with E-state index in [4.69, 9.17) is 0 Å². The Kier molecular flexibility index (Phi) is 4.86. The van der Waals surface area contributed by atoms with E-state index in [0.29, 0.717) is 0 Å². The number of hydrogen-bond donors (Lipinski definition) is 0. The molecule has 0 unspecified atom stereocenters. The number of carbonyl (C=O) groups is 1. The highest BCUT2D eigenvalue weighted by Gasteiger charge is 2.19. The molecule has 0 saturated heterocycles. The van der Waals surface area contributed by atoms with E-state index in [-0.39, 0.29) is 5.78 Å². The molecule has 0 radical (unpaired) electrons. The van der Waals surface area contributed by atoms with E-state index in [1.165, 1.54) is 8.47 Å². The average Bonchev–Trinajstić information content (AvgIpc) is 2.45. The highest BCUT2D eigenvalue weighted by atomic mass is 32.3. The minimum atomic E-state index is 0.123. The highest BCUT2D eigenvalue weighted by molar-refractivity contribution is 8.40. The molecule has 0 aliphatic carbocycles. The second kappa shape index (κ2) is 5.44. The van der Waals surface area contributed by atoms with Crippen molar-refractivity contribution < 1.29 is 4.79 Å². The van der Waals surface area contributed by atoms with Gasteiger partial charge in [-0.3, -0.25) is 4.79 Å². The second-order valence-electron chi connectivity index (χ2n) is 2.26. The van der Waals surface area contributed by atoms with Gasteiger partial charge < -0.3 is 0 Å². The first-order chi connectivity index (χ1) is 6.17. The maximum absolute atomic E-state index is 10.9. The van der Waals surface area contributed by atoms with E-state index in [0.717, 1.165) is 4.24 Å². The van der Waals surface area contributed by atoms with Gasteiger partial charge in [-0.05, 0) is 19.4 Å². The van der Waals surface area contributed by atoms with Crippen LogP contribution in [0.15, 0.2) is 18.8 Å². The van der Waals surface area contributed by atoms with Crippen LogP contribution in [0.4, 0.5) is 0 Å². The molecule has 1 aliphatic rings. The first-order valence-electron chi connectivity index (χ1n) is 3.57. The number of ketones is 1. The van der Waals surface area contributed by atoms with Gasteiger partial charge in [0.05, 0.1) is 12.7 Å². The van der Waals surface area contributed by atoms with Crippen molar-refractivity contribution in [3.05, 3.63) is 18.8 Å². The zero-order chi connectivity index (χ0) is 9.84. The van der Waals surface area contributed by atoms with E-state index >= 15 is 0 Å². The van der Waals surface area contributed by atoms with Crippen molar-refractivity contribution in [1.82, 2.24) is 0 Å². The van der Waals surface area contributed by atoms with Crippen LogP contribution in [0.3, 0.4) is 0 Å². The van der Waals surface area contributed by atoms with E-state index in [1.807, 2.05) is 0 Å². The van der Waals surface area contributed by atoms with E-state index in [2.05, 4.69) is 12.5 Å². The third kappa shape index (κ3) is 3.31. The molecule has 0 atom stereocenters. The first-order valence-corrected chi connectivity index (χ1v) is 7.66. The lowest BCUT2D eigenvalue weighted by Crippen LogP contribution is -1.80. The number of allylic oxidation sites excluding steroid dienone is 1. The van der Waals surface area contributed by atoms with Crippen LogP contribution < -0.4 is 0 Å². The van der Waals surface area contributed by atoms with Gasteiger partial charge in [0.1, 0.15) is 0 Å². The fourth-order valence-electron chi connectivity index (χ4n) is 0.762. The predicted octanol–water partition coefficient (Wildman–Crippen LogP) is 3.75. The molecule has 1 rings (SSSR count). The van der Waals surface area contributed by atoms with Gasteiger partial charge >= 0.3 is 0 Å². The molecule has 0 bridgehead atoms. The van der Waals surface area contributed by atoms with Gasteiger partial charge in [0.2, 0.25) is 0 Å². The normalized spacial score (nSPS) is 16.7. The summed E-state index contributed by atoms with van der Waals surface area (Å²) in [6.07, 6.45) is 5.83. The molecule has 0 aromatic rings. The highest BCUT2D eigenvalue weighted by Crippen LogP contribution is 2.55. The third-order valence-electron chi connectivity index (χ3n) is 1.25. The van der Waals surface area contributed by atoms with E-state index in [9.17, 15) is 4.79 Å². The third-order valence-corrected chi connectivity index (χ3v) is 6.33. The molecule has 0 aromatic carbocycles. The largest absolute Gasteiger partial charge is 0.295 e. The van der Waals surface area contributed by atoms with Crippen LogP contribution in [-0.2, 0) is 4.79 Å². The fraction of sp³-hybridized carbons (Fsp3) is 0.375. The van der Waals surface area contributed by atoms with Gasteiger partial charge in [-0.2, -0.15) is 0 Å². The Labute approximate surface area is 95.6 Å². The van der Waals surface area contributed by atoms with E-state index in [1.54, 1.807) is 60.0 Å². The van der Waals surface area contributed by atoms with Crippen molar-refractivity contribution >= 4 is 52.8 Å². The van der Waals surface area contributed by atoms with Crippen molar-refractivity contribution in [2.45, 2.75) is 6.92 Å². The molecule has 1 nitrogen and oxygen atoms in total. The minimum absolute atomic E-state index is 0.123. The maximum atomic E-state index is 10.9. The molecule has 5 heteroatoms. The molecule has 0 saturated carbocycles. The lowest BCUT2D eigenvalue weighted by Gasteiger charge is -1.94. The van der Waals surface area contributed by atoms with Gasteiger partial charge in [0.25, 0.3) is 0 Å². The Morgan fingerprint density at radius 2 is 1.69 bits per heavy atom. The minimum Gasteiger partial charge on any atom is -0.295 e. The Morgan fingerprint density at radius 1 is 1.23 bits per heavy atom. The van der Waals surface area contributed by atoms with Crippen molar-refractivity contribution in [1.29, 1.82) is 0 Å².